The predicted molar refractivity (Wildman–Crippen MR) is 122 cm³/mol. The first-order valence-corrected chi connectivity index (χ1v) is 11.4. The highest BCUT2D eigenvalue weighted by atomic mass is 16.6. The number of hydrogen-bond donors (Lipinski definition) is 1. The molecule has 7 heteroatoms. The van der Waals surface area contributed by atoms with E-state index in [2.05, 4.69) is 21.9 Å². The largest absolute Gasteiger partial charge is 0.462 e. The molecule has 2 fully saturated rings. The highest BCUT2D eigenvalue weighted by molar-refractivity contribution is 5.67. The zero-order valence-electron chi connectivity index (χ0n) is 19.5. The fourth-order valence-electron chi connectivity index (χ4n) is 3.97. The second kappa shape index (κ2) is 12.7. The third-order valence-corrected chi connectivity index (χ3v) is 5.67. The van der Waals surface area contributed by atoms with Crippen molar-refractivity contribution < 1.29 is 19.1 Å². The Morgan fingerprint density at radius 1 is 1.16 bits per heavy atom. The van der Waals surface area contributed by atoms with Crippen molar-refractivity contribution in [3.63, 3.8) is 0 Å². The molecule has 2 heterocycles. The van der Waals surface area contributed by atoms with Crippen molar-refractivity contribution in [3.8, 4) is 0 Å². The van der Waals surface area contributed by atoms with Gasteiger partial charge in [-0.3, -0.25) is 9.69 Å². The van der Waals surface area contributed by atoms with E-state index in [0.29, 0.717) is 25.2 Å². The van der Waals surface area contributed by atoms with E-state index < -0.39 is 0 Å². The molecule has 1 N–H and O–H groups in total. The number of hydrogen-bond acceptors (Lipinski definition) is 6. The van der Waals surface area contributed by atoms with Crippen LogP contribution in [0.2, 0.25) is 0 Å². The zero-order valence-corrected chi connectivity index (χ0v) is 19.5. The average molecular weight is 434 g/mol. The number of carbonyl (C=O) groups is 2. The molecule has 1 atom stereocenters. The Labute approximate surface area is 187 Å². The summed E-state index contributed by atoms with van der Waals surface area (Å²) >= 11 is 0. The topological polar surface area (TPSA) is 71.1 Å². The molecule has 174 valence electrons. The number of likely N-dealkylation sites (tertiary alicyclic amines) is 1. The third-order valence-electron chi connectivity index (χ3n) is 5.67. The van der Waals surface area contributed by atoms with Crippen molar-refractivity contribution in [2.24, 2.45) is 0 Å². The fraction of sp³-hybridized carbons (Fsp3) is 0.667. The molecule has 0 aromatic heterocycles. The Bertz CT molecular complexity index is 655. The van der Waals surface area contributed by atoms with Crippen LogP contribution in [0.5, 0.6) is 0 Å². The summed E-state index contributed by atoms with van der Waals surface area (Å²) in [6.45, 7) is 13.4. The van der Waals surface area contributed by atoms with Crippen LogP contribution in [-0.2, 0) is 20.9 Å². The van der Waals surface area contributed by atoms with Crippen LogP contribution in [0.4, 0.5) is 4.79 Å². The summed E-state index contributed by atoms with van der Waals surface area (Å²) in [6.07, 6.45) is 3.12. The first kappa shape index (κ1) is 25.1. The predicted octanol–water partition coefficient (Wildman–Crippen LogP) is 3.43. The van der Waals surface area contributed by atoms with Crippen molar-refractivity contribution >= 4 is 12.6 Å². The van der Waals surface area contributed by atoms with Gasteiger partial charge in [-0.25, -0.2) is 4.79 Å². The van der Waals surface area contributed by atoms with E-state index in [-0.39, 0.29) is 11.7 Å². The van der Waals surface area contributed by atoms with Crippen LogP contribution >= 0.6 is 0 Å². The molecular weight excluding hydrogens is 394 g/mol. The van der Waals surface area contributed by atoms with Crippen molar-refractivity contribution in [3.05, 3.63) is 35.9 Å². The third kappa shape index (κ3) is 8.87. The number of nitrogens with zero attached hydrogens (tertiary/aromatic N) is 2. The van der Waals surface area contributed by atoms with Gasteiger partial charge in [0.05, 0.1) is 0 Å². The van der Waals surface area contributed by atoms with Gasteiger partial charge in [-0.1, -0.05) is 37.3 Å². The summed E-state index contributed by atoms with van der Waals surface area (Å²) in [5, 5.41) is 3.49. The molecule has 1 aromatic carbocycles. The van der Waals surface area contributed by atoms with Gasteiger partial charge in [-0.15, -0.1) is 0 Å². The number of nitrogens with one attached hydrogen (secondary N) is 1. The van der Waals surface area contributed by atoms with Crippen LogP contribution in [0, 0.1) is 0 Å². The Balaban J connectivity index is 0.000000423. The highest BCUT2D eigenvalue weighted by Crippen LogP contribution is 2.21. The molecule has 0 spiro atoms. The van der Waals surface area contributed by atoms with Crippen LogP contribution in [0.3, 0.4) is 0 Å². The van der Waals surface area contributed by atoms with Crippen LogP contribution < -0.4 is 5.32 Å². The zero-order chi connectivity index (χ0) is 22.7. The minimum absolute atomic E-state index is 0.176. The highest BCUT2D eigenvalue weighted by Gasteiger charge is 2.31. The van der Waals surface area contributed by atoms with Crippen molar-refractivity contribution in [1.29, 1.82) is 0 Å². The Kier molecular flexibility index (Phi) is 10.3. The lowest BCUT2D eigenvalue weighted by molar-refractivity contribution is -0.138. The molecule has 0 aliphatic carbocycles. The number of rotatable bonds is 5. The molecule has 1 amide bonds. The van der Waals surface area contributed by atoms with Gasteiger partial charge in [-0.05, 0) is 45.6 Å². The van der Waals surface area contributed by atoms with Crippen LogP contribution in [0.25, 0.3) is 0 Å². The maximum atomic E-state index is 12.3. The minimum atomic E-state index is -0.318. The van der Waals surface area contributed by atoms with E-state index in [1.54, 1.807) is 0 Å². The number of benzene rings is 1. The van der Waals surface area contributed by atoms with E-state index in [1.807, 2.05) is 56.0 Å². The number of amides is 1. The number of ether oxygens (including phenoxy) is 2. The number of piperazine rings is 1. The smallest absolute Gasteiger partial charge is 0.410 e. The molecule has 3 rings (SSSR count). The molecule has 7 nitrogen and oxygen atoms in total. The standard InChI is InChI=1S/C19H29N3O2.C5H10O2/c1-2-17-14-20-10-13-22(17)18-8-11-21(12-9-18)19(23)24-15-16-6-4-3-5-7-16;1-5(2,3)7-4-6/h3-7,17-18,20H,2,8-15H2,1H3;4H,1-3H3/t17-;/m0./s1. The van der Waals surface area contributed by atoms with E-state index in [9.17, 15) is 9.59 Å². The van der Waals surface area contributed by atoms with Crippen molar-refractivity contribution in [2.75, 3.05) is 32.7 Å². The van der Waals surface area contributed by atoms with Crippen LogP contribution in [-0.4, -0.2) is 72.8 Å². The van der Waals surface area contributed by atoms with Gasteiger partial charge in [0.1, 0.15) is 12.2 Å². The van der Waals surface area contributed by atoms with Gasteiger partial charge in [-0.2, -0.15) is 0 Å². The second-order valence-corrected chi connectivity index (χ2v) is 9.09. The van der Waals surface area contributed by atoms with E-state index in [0.717, 1.165) is 51.1 Å². The van der Waals surface area contributed by atoms with Crippen molar-refractivity contribution in [1.82, 2.24) is 15.1 Å². The normalized spacial score (nSPS) is 20.4. The molecule has 0 saturated carbocycles. The van der Waals surface area contributed by atoms with Gasteiger partial charge >= 0.3 is 6.09 Å². The SMILES string of the molecule is CC(C)(C)OC=O.CC[C@H]1CNCCN1C1CCN(C(=O)OCc2ccccc2)CC1. The van der Waals surface area contributed by atoms with Gasteiger partial charge in [0, 0.05) is 44.8 Å². The lowest BCUT2D eigenvalue weighted by Crippen LogP contribution is -2.57. The van der Waals surface area contributed by atoms with E-state index in [1.165, 1.54) is 6.42 Å². The molecule has 2 aliphatic heterocycles. The van der Waals surface area contributed by atoms with Gasteiger partial charge in [0.25, 0.3) is 6.47 Å². The number of carbonyl (C=O) groups excluding carboxylic acids is 2. The van der Waals surface area contributed by atoms with Crippen LogP contribution in [0.1, 0.15) is 52.5 Å². The van der Waals surface area contributed by atoms with Gasteiger partial charge in [0.15, 0.2) is 0 Å². The van der Waals surface area contributed by atoms with Gasteiger partial charge in [0.2, 0.25) is 0 Å². The molecule has 1 aromatic rings. The fourth-order valence-corrected chi connectivity index (χ4v) is 3.97. The molecular formula is C24H39N3O4. The summed E-state index contributed by atoms with van der Waals surface area (Å²) in [5.74, 6) is 0. The molecule has 0 bridgehead atoms. The monoisotopic (exact) mass is 433 g/mol. The first-order chi connectivity index (χ1) is 14.8. The second-order valence-electron chi connectivity index (χ2n) is 9.09. The summed E-state index contributed by atoms with van der Waals surface area (Å²) in [7, 11) is 0. The quantitative estimate of drug-likeness (QED) is 0.718. The molecule has 31 heavy (non-hydrogen) atoms. The Morgan fingerprint density at radius 3 is 2.39 bits per heavy atom. The lowest BCUT2D eigenvalue weighted by Gasteiger charge is -2.44. The molecule has 0 unspecified atom stereocenters. The van der Waals surface area contributed by atoms with E-state index in [4.69, 9.17) is 4.74 Å². The summed E-state index contributed by atoms with van der Waals surface area (Å²) in [6, 6.07) is 11.1. The van der Waals surface area contributed by atoms with Crippen LogP contribution in [0.15, 0.2) is 30.3 Å². The van der Waals surface area contributed by atoms with Crippen molar-refractivity contribution in [2.45, 2.75) is 71.2 Å². The lowest BCUT2D eigenvalue weighted by atomic mass is 9.99. The maximum Gasteiger partial charge on any atom is 0.410 e. The molecule has 0 radical (unpaired) electrons. The summed E-state index contributed by atoms with van der Waals surface area (Å²) in [4.78, 5) is 26.4. The Hall–Kier alpha value is -2.12. The van der Waals surface area contributed by atoms with Gasteiger partial charge < -0.3 is 19.7 Å². The molecule has 2 saturated heterocycles. The first-order valence-electron chi connectivity index (χ1n) is 11.4. The summed E-state index contributed by atoms with van der Waals surface area (Å²) in [5.41, 5.74) is 0.717. The minimum Gasteiger partial charge on any atom is -0.462 e. The van der Waals surface area contributed by atoms with E-state index >= 15 is 0 Å². The Morgan fingerprint density at radius 2 is 1.84 bits per heavy atom. The summed E-state index contributed by atoms with van der Waals surface area (Å²) < 4.78 is 10.0. The average Bonchev–Trinajstić information content (AvgIpc) is 2.78. The number of piperidine rings is 1. The molecule has 2 aliphatic rings. The maximum absolute atomic E-state index is 12.3.